The molecular formula is C29H33N3O5S. The first kappa shape index (κ1) is 27.3. The lowest BCUT2D eigenvalue weighted by Crippen LogP contribution is -2.38. The number of carbonyl (C=O) groups is 2. The summed E-state index contributed by atoms with van der Waals surface area (Å²) in [5.41, 5.74) is 3.57. The monoisotopic (exact) mass is 535 g/mol. The Morgan fingerprint density at radius 3 is 2.55 bits per heavy atom. The maximum atomic E-state index is 13.0. The molecule has 1 N–H and O–H groups in total. The summed E-state index contributed by atoms with van der Waals surface area (Å²) in [4.78, 5) is 32.3. The standard InChI is InChI=1S/C29H33N3O5S/c1-18(2)15-30-25(33)14-22-17-38-29-31-19(3)26(28(34)36-5)27(32(22)29)21-11-12-23(24(13-21)35-4)37-16-20-9-7-6-8-10-20/h6-13,17-18,27H,14-16H2,1-5H3,(H,30,33)/t27-/m1/s1. The Kier molecular flexibility index (Phi) is 8.78. The number of thioether (sulfide) groups is 1. The van der Waals surface area contributed by atoms with E-state index in [2.05, 4.69) is 10.3 Å². The van der Waals surface area contributed by atoms with Crippen LogP contribution in [0.4, 0.5) is 0 Å². The van der Waals surface area contributed by atoms with Gasteiger partial charge in [0, 0.05) is 12.2 Å². The maximum absolute atomic E-state index is 13.0. The number of nitrogens with one attached hydrogen (secondary N) is 1. The highest BCUT2D eigenvalue weighted by molar-refractivity contribution is 8.16. The number of benzene rings is 2. The summed E-state index contributed by atoms with van der Waals surface area (Å²) in [6, 6.07) is 14.9. The van der Waals surface area contributed by atoms with E-state index in [-0.39, 0.29) is 12.3 Å². The lowest BCUT2D eigenvalue weighted by molar-refractivity contribution is -0.136. The average Bonchev–Trinajstić information content (AvgIpc) is 3.31. The fourth-order valence-electron chi connectivity index (χ4n) is 4.31. The Bertz CT molecular complexity index is 1290. The number of methoxy groups -OCH3 is 2. The maximum Gasteiger partial charge on any atom is 0.338 e. The summed E-state index contributed by atoms with van der Waals surface area (Å²) in [5.74, 6) is 0.913. The van der Waals surface area contributed by atoms with E-state index in [0.29, 0.717) is 47.0 Å². The number of hydrogen-bond donors (Lipinski definition) is 1. The molecule has 2 aliphatic rings. The lowest BCUT2D eigenvalue weighted by Gasteiger charge is -2.36. The predicted octanol–water partition coefficient (Wildman–Crippen LogP) is 5.18. The van der Waals surface area contributed by atoms with E-state index in [1.807, 2.05) is 72.7 Å². The summed E-state index contributed by atoms with van der Waals surface area (Å²) in [6.07, 6.45) is 0.165. The third-order valence-corrected chi connectivity index (χ3v) is 7.08. The molecule has 0 saturated carbocycles. The molecule has 1 amide bonds. The number of allylic oxidation sites excluding steroid dienone is 1. The van der Waals surface area contributed by atoms with E-state index in [9.17, 15) is 9.59 Å². The van der Waals surface area contributed by atoms with Crippen LogP contribution in [0.25, 0.3) is 0 Å². The molecule has 38 heavy (non-hydrogen) atoms. The van der Waals surface area contributed by atoms with Crippen LogP contribution in [0.5, 0.6) is 11.5 Å². The zero-order valence-electron chi connectivity index (χ0n) is 22.3. The van der Waals surface area contributed by atoms with Crippen LogP contribution in [0.3, 0.4) is 0 Å². The Morgan fingerprint density at radius 2 is 1.87 bits per heavy atom. The molecule has 2 aliphatic heterocycles. The third-order valence-electron chi connectivity index (χ3n) is 6.20. The minimum atomic E-state index is -0.550. The SMILES string of the molecule is COC(=O)C1=C(C)N=C2SC=C(CC(=O)NCC(C)C)N2[C@@H]1c1ccc(OCc2ccccc2)c(OC)c1. The molecule has 1 atom stereocenters. The fourth-order valence-corrected chi connectivity index (χ4v) is 5.27. The second kappa shape index (κ2) is 12.2. The molecule has 0 spiro atoms. The van der Waals surface area contributed by atoms with Gasteiger partial charge in [-0.2, -0.15) is 0 Å². The number of nitrogens with zero attached hydrogens (tertiary/aromatic N) is 2. The molecule has 200 valence electrons. The molecule has 4 rings (SSSR count). The van der Waals surface area contributed by atoms with Gasteiger partial charge in [-0.1, -0.05) is 62.0 Å². The summed E-state index contributed by atoms with van der Waals surface area (Å²) < 4.78 is 16.9. The van der Waals surface area contributed by atoms with Crippen LogP contribution in [-0.2, 0) is 20.9 Å². The van der Waals surface area contributed by atoms with Crippen molar-refractivity contribution in [2.75, 3.05) is 20.8 Å². The van der Waals surface area contributed by atoms with Crippen molar-refractivity contribution in [1.29, 1.82) is 0 Å². The van der Waals surface area contributed by atoms with Gasteiger partial charge in [-0.25, -0.2) is 9.79 Å². The van der Waals surface area contributed by atoms with Crippen LogP contribution in [0.1, 0.15) is 44.4 Å². The molecule has 2 heterocycles. The zero-order chi connectivity index (χ0) is 27.2. The number of rotatable bonds is 10. The van der Waals surface area contributed by atoms with Crippen molar-refractivity contribution in [3.05, 3.63) is 82.0 Å². The number of esters is 1. The van der Waals surface area contributed by atoms with Gasteiger partial charge in [0.2, 0.25) is 5.91 Å². The first-order valence-electron chi connectivity index (χ1n) is 12.5. The van der Waals surface area contributed by atoms with Gasteiger partial charge in [0.25, 0.3) is 0 Å². The quantitative estimate of drug-likeness (QED) is 0.419. The van der Waals surface area contributed by atoms with Crippen LogP contribution in [-0.4, -0.2) is 42.7 Å². The molecule has 0 bridgehead atoms. The van der Waals surface area contributed by atoms with E-state index in [4.69, 9.17) is 14.2 Å². The Labute approximate surface area is 227 Å². The Balaban J connectivity index is 1.67. The van der Waals surface area contributed by atoms with Gasteiger partial charge in [-0.15, -0.1) is 0 Å². The average molecular weight is 536 g/mol. The summed E-state index contributed by atoms with van der Waals surface area (Å²) in [5, 5.41) is 5.59. The van der Waals surface area contributed by atoms with Crippen LogP contribution >= 0.6 is 11.8 Å². The molecule has 0 unspecified atom stereocenters. The first-order valence-corrected chi connectivity index (χ1v) is 13.3. The van der Waals surface area contributed by atoms with Crippen molar-refractivity contribution in [3.8, 4) is 11.5 Å². The van der Waals surface area contributed by atoms with Crippen molar-refractivity contribution in [2.45, 2.75) is 39.8 Å². The molecule has 0 aromatic heterocycles. The smallest absolute Gasteiger partial charge is 0.338 e. The number of amidine groups is 1. The summed E-state index contributed by atoms with van der Waals surface area (Å²) >= 11 is 1.43. The summed E-state index contributed by atoms with van der Waals surface area (Å²) in [6.45, 7) is 6.88. The largest absolute Gasteiger partial charge is 0.493 e. The van der Waals surface area contributed by atoms with Crippen molar-refractivity contribution in [3.63, 3.8) is 0 Å². The topological polar surface area (TPSA) is 89.5 Å². The van der Waals surface area contributed by atoms with E-state index in [0.717, 1.165) is 16.8 Å². The number of fused-ring (bicyclic) bond motifs is 1. The van der Waals surface area contributed by atoms with Crippen LogP contribution in [0.2, 0.25) is 0 Å². The van der Waals surface area contributed by atoms with E-state index in [1.54, 1.807) is 14.0 Å². The van der Waals surface area contributed by atoms with E-state index >= 15 is 0 Å². The Hall–Kier alpha value is -3.72. The zero-order valence-corrected chi connectivity index (χ0v) is 23.1. The third kappa shape index (κ3) is 6.05. The number of aliphatic imine (C=N–C) groups is 1. The van der Waals surface area contributed by atoms with Crippen molar-refractivity contribution >= 4 is 28.8 Å². The second-order valence-electron chi connectivity index (χ2n) is 9.44. The molecule has 0 radical (unpaired) electrons. The molecule has 8 nitrogen and oxygen atoms in total. The summed E-state index contributed by atoms with van der Waals surface area (Å²) in [7, 11) is 2.94. The number of ether oxygens (including phenoxy) is 3. The minimum absolute atomic E-state index is 0.0846. The van der Waals surface area contributed by atoms with Crippen molar-refractivity contribution in [1.82, 2.24) is 10.2 Å². The highest BCUT2D eigenvalue weighted by atomic mass is 32.2. The molecule has 0 saturated heterocycles. The van der Waals surface area contributed by atoms with Gasteiger partial charge in [0.15, 0.2) is 16.7 Å². The fraction of sp³-hybridized carbons (Fsp3) is 0.345. The molecular weight excluding hydrogens is 502 g/mol. The van der Waals surface area contributed by atoms with Crippen LogP contribution < -0.4 is 14.8 Å². The number of hydrogen-bond acceptors (Lipinski definition) is 8. The highest BCUT2D eigenvalue weighted by Gasteiger charge is 2.41. The minimum Gasteiger partial charge on any atom is -0.493 e. The molecule has 2 aromatic carbocycles. The van der Waals surface area contributed by atoms with Crippen LogP contribution in [0.15, 0.2) is 75.9 Å². The molecule has 0 aliphatic carbocycles. The predicted molar refractivity (Wildman–Crippen MR) is 149 cm³/mol. The Morgan fingerprint density at radius 1 is 1.11 bits per heavy atom. The van der Waals surface area contributed by atoms with Gasteiger partial charge >= 0.3 is 5.97 Å². The van der Waals surface area contributed by atoms with E-state index < -0.39 is 12.0 Å². The van der Waals surface area contributed by atoms with Gasteiger partial charge in [0.05, 0.1) is 38.0 Å². The normalized spacial score (nSPS) is 16.6. The highest BCUT2D eigenvalue weighted by Crippen LogP contribution is 2.46. The number of carbonyl (C=O) groups excluding carboxylic acids is 2. The van der Waals surface area contributed by atoms with Crippen molar-refractivity contribution < 1.29 is 23.8 Å². The number of amides is 1. The molecule has 2 aromatic rings. The second-order valence-corrected chi connectivity index (χ2v) is 10.3. The van der Waals surface area contributed by atoms with Crippen molar-refractivity contribution in [2.24, 2.45) is 10.9 Å². The first-order chi connectivity index (χ1) is 18.3. The van der Waals surface area contributed by atoms with Gasteiger partial charge < -0.3 is 24.4 Å². The lowest BCUT2D eigenvalue weighted by atomic mass is 9.93. The molecule has 0 fully saturated rings. The van der Waals surface area contributed by atoms with Crippen LogP contribution in [0, 0.1) is 5.92 Å². The van der Waals surface area contributed by atoms with Gasteiger partial charge in [0.1, 0.15) is 6.61 Å². The molecule has 9 heteroatoms. The van der Waals surface area contributed by atoms with Gasteiger partial charge in [-0.05, 0) is 41.5 Å². The van der Waals surface area contributed by atoms with Gasteiger partial charge in [-0.3, -0.25) is 4.79 Å². The van der Waals surface area contributed by atoms with E-state index in [1.165, 1.54) is 18.9 Å².